The Morgan fingerprint density at radius 3 is 1.08 bits per heavy atom. The molecular weight excluding hydrogens is 1230 g/mol. The Morgan fingerprint density at radius 2 is 0.771 bits per heavy atom. The smallest absolute Gasteiger partial charge is 0.397 e. The molecule has 0 bridgehead atoms. The molecule has 502 valence electrons. The summed E-state index contributed by atoms with van der Waals surface area (Å²) in [6.45, 7) is 19.3. The lowest BCUT2D eigenvalue weighted by atomic mass is 10.0. The number of nitrogens with zero attached hydrogens (tertiary/aromatic N) is 6. The van der Waals surface area contributed by atoms with Crippen molar-refractivity contribution in [3.8, 4) is 22.8 Å². The van der Waals surface area contributed by atoms with Crippen LogP contribution in [0, 0.1) is 34.6 Å². The molecule has 6 aromatic carbocycles. The highest BCUT2D eigenvalue weighted by atomic mass is 19.4. The first-order chi connectivity index (χ1) is 45.3. The van der Waals surface area contributed by atoms with E-state index in [0.717, 1.165) is 69.0 Å². The number of benzene rings is 6. The monoisotopic (exact) mass is 1310 g/mol. The van der Waals surface area contributed by atoms with E-state index in [9.17, 15) is 41.9 Å². The lowest BCUT2D eigenvalue weighted by Crippen LogP contribution is -2.24. The number of amides is 6. The van der Waals surface area contributed by atoms with Crippen LogP contribution >= 0.6 is 0 Å². The second-order valence-electron chi connectivity index (χ2n) is 24.3. The Kier molecular flexibility index (Phi) is 21.9. The number of ether oxygens (including phenoxy) is 1. The molecule has 96 heavy (non-hydrogen) atoms. The summed E-state index contributed by atoms with van der Waals surface area (Å²) in [5, 5.41) is 21.7. The molecule has 9 aromatic rings. The average Bonchev–Trinajstić information content (AvgIpc) is 1.64. The molecule has 3 heterocycles. The Hall–Kier alpha value is -11.2. The third-order valence-electron chi connectivity index (χ3n) is 15.9. The first-order valence-electron chi connectivity index (χ1n) is 31.0. The van der Waals surface area contributed by atoms with Crippen LogP contribution in [-0.4, -0.2) is 77.1 Å². The maximum absolute atomic E-state index is 13.2. The average molecular weight is 1310 g/mol. The molecule has 0 radical (unpaired) electrons. The molecule has 1 unspecified atom stereocenters. The van der Waals surface area contributed by atoms with E-state index in [4.69, 9.17) is 39.1 Å². The van der Waals surface area contributed by atoms with E-state index in [1.165, 1.54) is 9.36 Å². The fourth-order valence-corrected chi connectivity index (χ4v) is 10.3. The van der Waals surface area contributed by atoms with Crippen molar-refractivity contribution in [2.75, 3.05) is 17.2 Å². The number of primary amides is 3. The Labute approximate surface area is 553 Å². The van der Waals surface area contributed by atoms with E-state index in [2.05, 4.69) is 31.2 Å². The van der Waals surface area contributed by atoms with Gasteiger partial charge in [0.2, 0.25) is 0 Å². The van der Waals surface area contributed by atoms with Crippen LogP contribution in [0.4, 0.5) is 30.2 Å². The van der Waals surface area contributed by atoms with Crippen LogP contribution < -0.4 is 55.1 Å². The highest BCUT2D eigenvalue weighted by Crippen LogP contribution is 2.38. The Balaban J connectivity index is 0.000000184. The molecule has 6 amide bonds. The SMILES string of the molecule is Cc1ccc(C)c(C(=O)NCc2ccc(-n3nc(C(C)C(F)(F)F)c(N)c3C(N)=O)cc2)c1.Cc1ccc(C)c(C(=O)NCc2ccc(-n3nc(C(C)C)c(N)c3C(N)=O)cc2)c1.Cc1ccc(OC2CC2)c(C(=O)NCc2ccc(-n3nc(C(C)C)c(N)c3C(N)=O)cc2)c1. The number of hydrogen-bond acceptors (Lipinski definition) is 13. The molecular formula is C71H80F3N15O7. The van der Waals surface area contributed by atoms with Crippen LogP contribution in [0.25, 0.3) is 17.1 Å². The number of nitrogens with two attached hydrogens (primary N) is 6. The van der Waals surface area contributed by atoms with Gasteiger partial charge in [0.1, 0.15) is 5.75 Å². The van der Waals surface area contributed by atoms with Crippen molar-refractivity contribution in [2.24, 2.45) is 17.2 Å². The summed E-state index contributed by atoms with van der Waals surface area (Å²) >= 11 is 0. The van der Waals surface area contributed by atoms with Crippen LogP contribution in [0.1, 0.15) is 189 Å². The van der Waals surface area contributed by atoms with Gasteiger partial charge < -0.3 is 55.1 Å². The second kappa shape index (κ2) is 29.8. The van der Waals surface area contributed by atoms with Crippen LogP contribution in [0.5, 0.6) is 5.75 Å². The zero-order chi connectivity index (χ0) is 70.2. The van der Waals surface area contributed by atoms with Gasteiger partial charge in [0, 0.05) is 30.8 Å². The highest BCUT2D eigenvalue weighted by Gasteiger charge is 2.41. The summed E-state index contributed by atoms with van der Waals surface area (Å²) in [6, 6.07) is 38.2. The molecule has 0 aliphatic heterocycles. The van der Waals surface area contributed by atoms with E-state index in [1.807, 2.05) is 159 Å². The highest BCUT2D eigenvalue weighted by molar-refractivity contribution is 6.00. The van der Waals surface area contributed by atoms with E-state index in [0.29, 0.717) is 75.4 Å². The topological polar surface area (TPSA) is 357 Å². The molecule has 25 heteroatoms. The van der Waals surface area contributed by atoms with Gasteiger partial charge in [-0.2, -0.15) is 28.5 Å². The molecule has 22 nitrogen and oxygen atoms in total. The minimum absolute atomic E-state index is 0.0502. The fourth-order valence-electron chi connectivity index (χ4n) is 10.3. The number of rotatable bonds is 20. The molecule has 0 spiro atoms. The van der Waals surface area contributed by atoms with E-state index in [-0.39, 0.29) is 59.3 Å². The maximum atomic E-state index is 13.2. The first kappa shape index (κ1) is 70.6. The lowest BCUT2D eigenvalue weighted by molar-refractivity contribution is -0.147. The third kappa shape index (κ3) is 16.7. The number of carbonyl (C=O) groups is 6. The number of aromatic nitrogens is 6. The number of carbonyl (C=O) groups excluding carboxylic acids is 6. The van der Waals surface area contributed by atoms with Crippen molar-refractivity contribution in [2.45, 2.75) is 132 Å². The third-order valence-corrected chi connectivity index (χ3v) is 15.9. The predicted octanol–water partition coefficient (Wildman–Crippen LogP) is 10.4. The van der Waals surface area contributed by atoms with Gasteiger partial charge in [0.25, 0.3) is 35.4 Å². The molecule has 1 aliphatic carbocycles. The van der Waals surface area contributed by atoms with Gasteiger partial charge in [-0.3, -0.25) is 28.8 Å². The van der Waals surface area contributed by atoms with Crippen molar-refractivity contribution in [3.63, 3.8) is 0 Å². The molecule has 3 aromatic heterocycles. The fraction of sp³-hybridized carbons (Fsp3) is 0.282. The summed E-state index contributed by atoms with van der Waals surface area (Å²) < 4.78 is 49.4. The first-order valence-corrected chi connectivity index (χ1v) is 31.0. The number of nitrogen functional groups attached to an aromatic ring is 3. The van der Waals surface area contributed by atoms with Gasteiger partial charge >= 0.3 is 6.18 Å². The number of halogens is 3. The summed E-state index contributed by atoms with van der Waals surface area (Å²) in [7, 11) is 0. The van der Waals surface area contributed by atoms with Gasteiger partial charge in [-0.05, 0) is 155 Å². The Morgan fingerprint density at radius 1 is 0.469 bits per heavy atom. The minimum atomic E-state index is -4.58. The van der Waals surface area contributed by atoms with Crippen molar-refractivity contribution in [1.29, 1.82) is 0 Å². The summed E-state index contributed by atoms with van der Waals surface area (Å²) in [5.41, 5.74) is 46.3. The second-order valence-corrected chi connectivity index (χ2v) is 24.3. The molecule has 1 fully saturated rings. The predicted molar refractivity (Wildman–Crippen MR) is 362 cm³/mol. The number of anilines is 3. The summed E-state index contributed by atoms with van der Waals surface area (Å²) in [6.07, 6.45) is -2.32. The van der Waals surface area contributed by atoms with Crippen LogP contribution in [-0.2, 0) is 19.6 Å². The van der Waals surface area contributed by atoms with E-state index in [1.54, 1.807) is 30.3 Å². The van der Waals surface area contributed by atoms with Crippen molar-refractivity contribution >= 4 is 52.5 Å². The number of alkyl halides is 3. The zero-order valence-electron chi connectivity index (χ0n) is 55.1. The molecule has 1 aliphatic rings. The van der Waals surface area contributed by atoms with Gasteiger partial charge in [-0.15, -0.1) is 0 Å². The number of nitrogens with one attached hydrogen (secondary N) is 3. The lowest BCUT2D eigenvalue weighted by Gasteiger charge is -2.13. The van der Waals surface area contributed by atoms with Crippen LogP contribution in [0.15, 0.2) is 127 Å². The molecule has 0 saturated heterocycles. The Bertz CT molecular complexity index is 4380. The summed E-state index contributed by atoms with van der Waals surface area (Å²) in [4.78, 5) is 73.6. The van der Waals surface area contributed by atoms with Crippen LogP contribution in [0.3, 0.4) is 0 Å². The van der Waals surface area contributed by atoms with E-state index >= 15 is 0 Å². The number of hydrogen-bond donors (Lipinski definition) is 9. The molecule has 1 atom stereocenters. The molecule has 10 rings (SSSR count). The largest absolute Gasteiger partial charge is 0.490 e. The number of aryl methyl sites for hydroxylation is 5. The van der Waals surface area contributed by atoms with Crippen molar-refractivity contribution in [1.82, 2.24) is 45.3 Å². The zero-order valence-corrected chi connectivity index (χ0v) is 55.1. The normalized spacial score (nSPS) is 12.2. The quantitative estimate of drug-likeness (QED) is 0.0343. The maximum Gasteiger partial charge on any atom is 0.397 e. The summed E-state index contributed by atoms with van der Waals surface area (Å²) in [5.74, 6) is -4.02. The van der Waals surface area contributed by atoms with Gasteiger partial charge in [0.05, 0.1) is 68.8 Å². The standard InChI is InChI=1S/C25H29N5O3.C23H24F3N5O2.C23H27N5O2/c1-14(2)22-21(26)23(24(27)31)30(29-22)17-7-5-16(6-8-17)13-28-25(32)19-12-15(3)4-11-20(19)33-18-9-10-18;1-12-4-5-13(2)17(10-12)22(33)29-11-15-6-8-16(9-7-15)31-20(21(28)32)18(27)19(30-31)14(3)23(24,25)26;1-13(2)20-19(24)21(22(25)29)28(27-20)17-9-7-16(8-10-17)12-26-23(30)18-11-14(3)5-6-15(18)4/h4-8,11-12,14,18H,9-10,13,26H2,1-3H3,(H2,27,31)(H,28,32);4-10,14H,11,27H2,1-3H3,(H2,28,32)(H,29,33);5-11,13H,12,24H2,1-4H3,(H2,25,29)(H,26,30). The molecule has 1 saturated carbocycles. The molecule has 15 N–H and O–H groups in total. The van der Waals surface area contributed by atoms with Gasteiger partial charge in [-0.1, -0.05) is 111 Å². The van der Waals surface area contributed by atoms with Crippen molar-refractivity contribution < 1.29 is 46.7 Å². The van der Waals surface area contributed by atoms with Gasteiger partial charge in [0.15, 0.2) is 17.1 Å². The van der Waals surface area contributed by atoms with Crippen molar-refractivity contribution in [3.05, 3.63) is 223 Å². The van der Waals surface area contributed by atoms with E-state index < -0.39 is 41.2 Å². The van der Waals surface area contributed by atoms with Crippen LogP contribution in [0.2, 0.25) is 0 Å². The van der Waals surface area contributed by atoms with Gasteiger partial charge in [-0.25, -0.2) is 14.0 Å². The minimum Gasteiger partial charge on any atom is -0.490 e.